The summed E-state index contributed by atoms with van der Waals surface area (Å²) in [5.74, 6) is 0. The molecule has 0 fully saturated rings. The number of hydrogen-bond acceptors (Lipinski definition) is 3. The third kappa shape index (κ3) is 4.00. The SMILES string of the molecule is c1cc(-c2cccc3ccccc23)cc(N(c2ccc3c(c2)oc2ccccc23)c2cccc3oc4c5ccccc5ccc4c23)c1. The lowest BCUT2D eigenvalue weighted by Crippen LogP contribution is -2.10. The molecule has 10 rings (SSSR count). The molecule has 0 unspecified atom stereocenters. The van der Waals surface area contributed by atoms with Gasteiger partial charge in [0.1, 0.15) is 22.3 Å². The molecule has 3 heteroatoms. The third-order valence-corrected chi connectivity index (χ3v) is 9.43. The number of benzene rings is 8. The van der Waals surface area contributed by atoms with Crippen LogP contribution in [-0.2, 0) is 0 Å². The van der Waals surface area contributed by atoms with Crippen molar-refractivity contribution in [1.29, 1.82) is 0 Å². The summed E-state index contributed by atoms with van der Waals surface area (Å²) in [5, 5.41) is 9.13. The van der Waals surface area contributed by atoms with Crippen LogP contribution in [0.4, 0.5) is 17.1 Å². The van der Waals surface area contributed by atoms with E-state index in [1.165, 1.54) is 16.3 Å². The van der Waals surface area contributed by atoms with Gasteiger partial charge in [-0.3, -0.25) is 0 Å². The van der Waals surface area contributed by atoms with Crippen LogP contribution >= 0.6 is 0 Å². The number of hydrogen-bond donors (Lipinski definition) is 0. The topological polar surface area (TPSA) is 29.5 Å². The highest BCUT2D eigenvalue weighted by molar-refractivity contribution is 6.20. The van der Waals surface area contributed by atoms with Crippen molar-refractivity contribution in [3.8, 4) is 11.1 Å². The second-order valence-electron chi connectivity index (χ2n) is 12.1. The van der Waals surface area contributed by atoms with E-state index >= 15 is 0 Å². The minimum Gasteiger partial charge on any atom is -0.456 e. The molecule has 8 aromatic carbocycles. The largest absolute Gasteiger partial charge is 0.456 e. The Balaban J connectivity index is 1.25. The van der Waals surface area contributed by atoms with Crippen molar-refractivity contribution >= 4 is 82.5 Å². The lowest BCUT2D eigenvalue weighted by molar-refractivity contribution is 0.669. The molecule has 0 bridgehead atoms. The van der Waals surface area contributed by atoms with Crippen molar-refractivity contribution in [2.24, 2.45) is 0 Å². The first-order valence-electron chi connectivity index (χ1n) is 15.9. The first kappa shape index (κ1) is 26.0. The van der Waals surface area contributed by atoms with Gasteiger partial charge in [-0.15, -0.1) is 0 Å². The van der Waals surface area contributed by atoms with Gasteiger partial charge in [-0.25, -0.2) is 0 Å². The van der Waals surface area contributed by atoms with Gasteiger partial charge in [0, 0.05) is 39.0 Å². The van der Waals surface area contributed by atoms with Crippen LogP contribution in [-0.4, -0.2) is 0 Å². The second kappa shape index (κ2) is 10.1. The van der Waals surface area contributed by atoms with E-state index in [9.17, 15) is 0 Å². The maximum Gasteiger partial charge on any atom is 0.143 e. The molecule has 0 radical (unpaired) electrons. The number of para-hydroxylation sites is 1. The Morgan fingerprint density at radius 2 is 1.04 bits per heavy atom. The molecule has 0 aliphatic rings. The van der Waals surface area contributed by atoms with Crippen LogP contribution < -0.4 is 4.90 Å². The van der Waals surface area contributed by atoms with Crippen molar-refractivity contribution in [3.63, 3.8) is 0 Å². The highest BCUT2D eigenvalue weighted by atomic mass is 16.3. The minimum atomic E-state index is 0.855. The molecule has 0 spiro atoms. The summed E-state index contributed by atoms with van der Waals surface area (Å²) in [5.41, 5.74) is 8.97. The van der Waals surface area contributed by atoms with Gasteiger partial charge >= 0.3 is 0 Å². The molecule has 220 valence electrons. The van der Waals surface area contributed by atoms with Crippen LogP contribution in [0.15, 0.2) is 173 Å². The first-order chi connectivity index (χ1) is 23.3. The third-order valence-electron chi connectivity index (χ3n) is 9.43. The van der Waals surface area contributed by atoms with Gasteiger partial charge in [0.2, 0.25) is 0 Å². The van der Waals surface area contributed by atoms with Crippen LogP contribution in [0.2, 0.25) is 0 Å². The van der Waals surface area contributed by atoms with Crippen molar-refractivity contribution in [3.05, 3.63) is 164 Å². The summed E-state index contributed by atoms with van der Waals surface area (Å²) in [6, 6.07) is 57.9. The van der Waals surface area contributed by atoms with Gasteiger partial charge in [0.05, 0.1) is 11.1 Å². The van der Waals surface area contributed by atoms with Gasteiger partial charge in [-0.05, 0) is 75.8 Å². The molecule has 47 heavy (non-hydrogen) atoms. The minimum absolute atomic E-state index is 0.855. The molecule has 2 heterocycles. The van der Waals surface area contributed by atoms with E-state index in [-0.39, 0.29) is 0 Å². The maximum absolute atomic E-state index is 6.63. The van der Waals surface area contributed by atoms with Gasteiger partial charge in [0.15, 0.2) is 0 Å². The molecular formula is C44H27NO2. The summed E-state index contributed by atoms with van der Waals surface area (Å²) >= 11 is 0. The Morgan fingerprint density at radius 1 is 0.383 bits per heavy atom. The average molecular weight is 602 g/mol. The van der Waals surface area contributed by atoms with Gasteiger partial charge in [0.25, 0.3) is 0 Å². The van der Waals surface area contributed by atoms with Gasteiger partial charge in [-0.1, -0.05) is 109 Å². The van der Waals surface area contributed by atoms with Crippen LogP contribution in [0.3, 0.4) is 0 Å². The fourth-order valence-corrected chi connectivity index (χ4v) is 7.29. The van der Waals surface area contributed by atoms with E-state index in [2.05, 4.69) is 157 Å². The summed E-state index contributed by atoms with van der Waals surface area (Å²) in [6.45, 7) is 0. The molecule has 0 amide bonds. The molecule has 3 nitrogen and oxygen atoms in total. The number of fused-ring (bicyclic) bond motifs is 9. The summed E-state index contributed by atoms with van der Waals surface area (Å²) in [7, 11) is 0. The lowest BCUT2D eigenvalue weighted by atomic mass is 9.97. The Kier molecular flexibility index (Phi) is 5.57. The molecule has 2 aromatic heterocycles. The zero-order valence-electron chi connectivity index (χ0n) is 25.4. The number of anilines is 3. The highest BCUT2D eigenvalue weighted by Gasteiger charge is 2.22. The zero-order valence-corrected chi connectivity index (χ0v) is 25.4. The molecular weight excluding hydrogens is 574 g/mol. The van der Waals surface area contributed by atoms with Crippen molar-refractivity contribution in [2.75, 3.05) is 4.90 Å². The van der Waals surface area contributed by atoms with E-state index in [0.717, 1.165) is 77.3 Å². The van der Waals surface area contributed by atoms with E-state index in [1.807, 2.05) is 12.1 Å². The molecule has 0 aliphatic heterocycles. The summed E-state index contributed by atoms with van der Waals surface area (Å²) in [4.78, 5) is 2.34. The predicted molar refractivity (Wildman–Crippen MR) is 196 cm³/mol. The maximum atomic E-state index is 6.63. The second-order valence-corrected chi connectivity index (χ2v) is 12.1. The smallest absolute Gasteiger partial charge is 0.143 e. The average Bonchev–Trinajstić information content (AvgIpc) is 3.70. The number of furan rings is 2. The Hall–Kier alpha value is -6.32. The quantitative estimate of drug-likeness (QED) is 0.201. The molecule has 0 N–H and O–H groups in total. The standard InChI is InChI=1S/C44H27NO2/c1-3-15-33-28(10-1)12-8-18-34(33)30-13-7-14-31(26-30)45(32-23-25-37-36-17-5-6-20-40(36)46-42(37)27-32)39-19-9-21-41-43(39)38-24-22-29-11-2-4-16-35(29)44(38)47-41/h1-27H. The summed E-state index contributed by atoms with van der Waals surface area (Å²) in [6.07, 6.45) is 0. The fourth-order valence-electron chi connectivity index (χ4n) is 7.29. The van der Waals surface area contributed by atoms with Crippen LogP contribution in [0.1, 0.15) is 0 Å². The van der Waals surface area contributed by atoms with Crippen molar-refractivity contribution in [1.82, 2.24) is 0 Å². The molecule has 0 atom stereocenters. The van der Waals surface area contributed by atoms with Crippen molar-refractivity contribution < 1.29 is 8.83 Å². The predicted octanol–water partition coefficient (Wildman–Crippen LogP) is 12.9. The monoisotopic (exact) mass is 601 g/mol. The Morgan fingerprint density at radius 3 is 1.96 bits per heavy atom. The Labute approximate surface area is 270 Å². The first-order valence-corrected chi connectivity index (χ1v) is 15.9. The number of nitrogens with zero attached hydrogens (tertiary/aromatic N) is 1. The van der Waals surface area contributed by atoms with E-state index in [4.69, 9.17) is 8.83 Å². The van der Waals surface area contributed by atoms with Gasteiger partial charge in [-0.2, -0.15) is 0 Å². The van der Waals surface area contributed by atoms with Crippen molar-refractivity contribution in [2.45, 2.75) is 0 Å². The van der Waals surface area contributed by atoms with Crippen LogP contribution in [0.5, 0.6) is 0 Å². The highest BCUT2D eigenvalue weighted by Crippen LogP contribution is 2.46. The Bertz CT molecular complexity index is 2820. The molecule has 0 aliphatic carbocycles. The summed E-state index contributed by atoms with van der Waals surface area (Å²) < 4.78 is 13.0. The normalized spacial score (nSPS) is 11.8. The fraction of sp³-hybridized carbons (Fsp3) is 0. The lowest BCUT2D eigenvalue weighted by Gasteiger charge is -2.27. The van der Waals surface area contributed by atoms with E-state index in [1.54, 1.807) is 0 Å². The van der Waals surface area contributed by atoms with E-state index in [0.29, 0.717) is 0 Å². The zero-order chi connectivity index (χ0) is 30.9. The van der Waals surface area contributed by atoms with Crippen LogP contribution in [0, 0.1) is 0 Å². The van der Waals surface area contributed by atoms with Gasteiger partial charge < -0.3 is 13.7 Å². The molecule has 10 aromatic rings. The van der Waals surface area contributed by atoms with Crippen LogP contribution in [0.25, 0.3) is 76.5 Å². The molecule has 0 saturated carbocycles. The molecule has 0 saturated heterocycles. The van der Waals surface area contributed by atoms with E-state index < -0.39 is 0 Å². The number of rotatable bonds is 4.